The molecule has 1 heterocycles. The van der Waals surface area contributed by atoms with Crippen molar-refractivity contribution < 1.29 is 4.79 Å². The predicted octanol–water partition coefficient (Wildman–Crippen LogP) is 1.75. The molecule has 1 aromatic rings. The van der Waals surface area contributed by atoms with Crippen LogP contribution in [0.2, 0.25) is 0 Å². The number of hydrogen-bond acceptors (Lipinski definition) is 5. The molecule has 6 nitrogen and oxygen atoms in total. The fraction of sp³-hybridized carbons (Fsp3) is 0.643. The third-order valence-corrected chi connectivity index (χ3v) is 2.97. The second-order valence-electron chi connectivity index (χ2n) is 4.79. The Balaban J connectivity index is 2.67. The summed E-state index contributed by atoms with van der Waals surface area (Å²) in [5, 5.41) is 6.53. The van der Waals surface area contributed by atoms with Crippen LogP contribution in [0.1, 0.15) is 32.3 Å². The Morgan fingerprint density at radius 1 is 1.15 bits per heavy atom. The van der Waals surface area contributed by atoms with E-state index in [2.05, 4.69) is 34.4 Å². The Kier molecular flexibility index (Phi) is 6.76. The summed E-state index contributed by atoms with van der Waals surface area (Å²) in [6, 6.07) is 0. The molecule has 2 N–H and O–H groups in total. The van der Waals surface area contributed by atoms with Crippen LogP contribution in [0.5, 0.6) is 0 Å². The molecule has 0 aliphatic rings. The van der Waals surface area contributed by atoms with Gasteiger partial charge in [-0.1, -0.05) is 13.8 Å². The monoisotopic (exact) mass is 279 g/mol. The third kappa shape index (κ3) is 4.68. The van der Waals surface area contributed by atoms with Crippen LogP contribution in [0.15, 0.2) is 6.33 Å². The number of aromatic nitrogens is 2. The van der Waals surface area contributed by atoms with Crippen LogP contribution in [0.25, 0.3) is 0 Å². The molecule has 20 heavy (non-hydrogen) atoms. The highest BCUT2D eigenvalue weighted by Gasteiger charge is 2.10. The van der Waals surface area contributed by atoms with Crippen LogP contribution in [0.4, 0.5) is 11.6 Å². The van der Waals surface area contributed by atoms with Gasteiger partial charge in [0.05, 0.1) is 0 Å². The summed E-state index contributed by atoms with van der Waals surface area (Å²) >= 11 is 0. The first kappa shape index (κ1) is 16.2. The molecule has 1 amide bonds. The average Bonchev–Trinajstić information content (AvgIpc) is 2.44. The van der Waals surface area contributed by atoms with Gasteiger partial charge in [-0.05, 0) is 12.8 Å². The fourth-order valence-electron chi connectivity index (χ4n) is 1.81. The Morgan fingerprint density at radius 2 is 1.75 bits per heavy atom. The number of nitrogens with zero attached hydrogens (tertiary/aromatic N) is 3. The fourth-order valence-corrected chi connectivity index (χ4v) is 1.81. The Bertz CT molecular complexity index is 434. The van der Waals surface area contributed by atoms with Crippen molar-refractivity contribution in [2.75, 3.05) is 37.8 Å². The molecular weight excluding hydrogens is 254 g/mol. The number of nitrogens with one attached hydrogen (secondary N) is 2. The SMILES string of the molecule is CCCNc1ncnc(NCCC(=O)N(C)C)c1CC. The van der Waals surface area contributed by atoms with E-state index >= 15 is 0 Å². The molecular formula is C14H25N5O. The average molecular weight is 279 g/mol. The third-order valence-electron chi connectivity index (χ3n) is 2.97. The summed E-state index contributed by atoms with van der Waals surface area (Å²) in [6.07, 6.45) is 3.90. The maximum atomic E-state index is 11.5. The van der Waals surface area contributed by atoms with Gasteiger partial charge in [-0.3, -0.25) is 4.79 Å². The first-order valence-corrected chi connectivity index (χ1v) is 7.11. The normalized spacial score (nSPS) is 10.2. The topological polar surface area (TPSA) is 70.1 Å². The smallest absolute Gasteiger partial charge is 0.223 e. The van der Waals surface area contributed by atoms with E-state index in [-0.39, 0.29) is 5.91 Å². The van der Waals surface area contributed by atoms with E-state index in [4.69, 9.17) is 0 Å². The van der Waals surface area contributed by atoms with Crippen molar-refractivity contribution in [1.82, 2.24) is 14.9 Å². The van der Waals surface area contributed by atoms with Crippen molar-refractivity contribution >= 4 is 17.5 Å². The van der Waals surface area contributed by atoms with Crippen molar-refractivity contribution in [1.29, 1.82) is 0 Å². The minimum Gasteiger partial charge on any atom is -0.370 e. The van der Waals surface area contributed by atoms with Crippen molar-refractivity contribution in [3.8, 4) is 0 Å². The summed E-state index contributed by atoms with van der Waals surface area (Å²) in [7, 11) is 3.52. The molecule has 1 rings (SSSR count). The first-order valence-electron chi connectivity index (χ1n) is 7.11. The number of anilines is 2. The molecule has 0 aromatic carbocycles. The lowest BCUT2D eigenvalue weighted by Crippen LogP contribution is -2.24. The molecule has 0 aliphatic heterocycles. The van der Waals surface area contributed by atoms with E-state index in [1.54, 1.807) is 25.3 Å². The van der Waals surface area contributed by atoms with Gasteiger partial charge in [0.15, 0.2) is 0 Å². The second kappa shape index (κ2) is 8.35. The molecule has 0 fully saturated rings. The van der Waals surface area contributed by atoms with Crippen LogP contribution in [0.3, 0.4) is 0 Å². The molecule has 0 bridgehead atoms. The van der Waals surface area contributed by atoms with Gasteiger partial charge in [0.1, 0.15) is 18.0 Å². The predicted molar refractivity (Wildman–Crippen MR) is 82.0 cm³/mol. The summed E-state index contributed by atoms with van der Waals surface area (Å²) < 4.78 is 0. The quantitative estimate of drug-likeness (QED) is 0.758. The van der Waals surface area contributed by atoms with E-state index < -0.39 is 0 Å². The van der Waals surface area contributed by atoms with Crippen molar-refractivity contribution in [2.45, 2.75) is 33.1 Å². The molecule has 0 atom stereocenters. The molecule has 0 saturated heterocycles. The number of carbonyl (C=O) groups excluding carboxylic acids is 1. The first-order chi connectivity index (χ1) is 9.60. The van der Waals surface area contributed by atoms with Crippen molar-refractivity contribution in [3.63, 3.8) is 0 Å². The van der Waals surface area contributed by atoms with Crippen molar-refractivity contribution in [3.05, 3.63) is 11.9 Å². The van der Waals surface area contributed by atoms with Gasteiger partial charge in [-0.25, -0.2) is 9.97 Å². The van der Waals surface area contributed by atoms with Crippen LogP contribution >= 0.6 is 0 Å². The highest BCUT2D eigenvalue weighted by atomic mass is 16.2. The van der Waals surface area contributed by atoms with Crippen molar-refractivity contribution in [2.24, 2.45) is 0 Å². The number of carbonyl (C=O) groups is 1. The van der Waals surface area contributed by atoms with Crippen LogP contribution in [0, 0.1) is 0 Å². The van der Waals surface area contributed by atoms with Gasteiger partial charge in [0.2, 0.25) is 5.91 Å². The van der Waals surface area contributed by atoms with Gasteiger partial charge in [0.25, 0.3) is 0 Å². The second-order valence-corrected chi connectivity index (χ2v) is 4.79. The molecule has 0 aliphatic carbocycles. The summed E-state index contributed by atoms with van der Waals surface area (Å²) in [5.41, 5.74) is 1.07. The largest absolute Gasteiger partial charge is 0.370 e. The zero-order chi connectivity index (χ0) is 15.0. The molecule has 1 aromatic heterocycles. The van der Waals surface area contributed by atoms with Crippen LogP contribution in [-0.4, -0.2) is 48.0 Å². The summed E-state index contributed by atoms with van der Waals surface area (Å²) in [4.78, 5) is 21.7. The maximum absolute atomic E-state index is 11.5. The summed E-state index contributed by atoms with van der Waals surface area (Å²) in [6.45, 7) is 5.66. The molecule has 6 heteroatoms. The number of amides is 1. The number of rotatable bonds is 8. The van der Waals surface area contributed by atoms with Gasteiger partial charge >= 0.3 is 0 Å². The molecule has 0 unspecified atom stereocenters. The zero-order valence-corrected chi connectivity index (χ0v) is 12.9. The highest BCUT2D eigenvalue weighted by Crippen LogP contribution is 2.20. The standard InChI is InChI=1S/C14H25N5O/c1-5-8-15-13-11(6-2)14(18-10-17-13)16-9-7-12(20)19(3)4/h10H,5-9H2,1-4H3,(H2,15,16,17,18). The van der Waals surface area contributed by atoms with E-state index in [0.29, 0.717) is 13.0 Å². The Hall–Kier alpha value is -1.85. The van der Waals surface area contributed by atoms with Gasteiger partial charge in [-0.2, -0.15) is 0 Å². The van der Waals surface area contributed by atoms with Crippen LogP contribution in [-0.2, 0) is 11.2 Å². The highest BCUT2D eigenvalue weighted by molar-refractivity contribution is 5.76. The molecule has 0 saturated carbocycles. The van der Waals surface area contributed by atoms with E-state index in [9.17, 15) is 4.79 Å². The lowest BCUT2D eigenvalue weighted by atomic mass is 10.2. The van der Waals surface area contributed by atoms with Crippen LogP contribution < -0.4 is 10.6 Å². The van der Waals surface area contributed by atoms with E-state index in [1.165, 1.54) is 0 Å². The Labute approximate surface area is 121 Å². The van der Waals surface area contributed by atoms with E-state index in [0.717, 1.165) is 36.6 Å². The van der Waals surface area contributed by atoms with Gasteiger partial charge in [0, 0.05) is 39.2 Å². The summed E-state index contributed by atoms with van der Waals surface area (Å²) in [5.74, 6) is 1.80. The minimum absolute atomic E-state index is 0.105. The Morgan fingerprint density at radius 3 is 2.25 bits per heavy atom. The lowest BCUT2D eigenvalue weighted by molar-refractivity contribution is -0.128. The zero-order valence-electron chi connectivity index (χ0n) is 12.9. The van der Waals surface area contributed by atoms with E-state index in [1.807, 2.05) is 0 Å². The minimum atomic E-state index is 0.105. The van der Waals surface area contributed by atoms with Gasteiger partial charge < -0.3 is 15.5 Å². The molecule has 0 radical (unpaired) electrons. The molecule has 112 valence electrons. The van der Waals surface area contributed by atoms with Gasteiger partial charge in [-0.15, -0.1) is 0 Å². The lowest BCUT2D eigenvalue weighted by Gasteiger charge is -2.15. The number of hydrogen-bond donors (Lipinski definition) is 2. The molecule has 0 spiro atoms. The maximum Gasteiger partial charge on any atom is 0.223 e.